The van der Waals surface area contributed by atoms with Crippen molar-refractivity contribution in [2.45, 2.75) is 9.92 Å². The molecule has 3 aromatic carbocycles. The Balaban J connectivity index is 1.58. The van der Waals surface area contributed by atoms with Crippen LogP contribution in [0.4, 0.5) is 0 Å². The lowest BCUT2D eigenvalue weighted by Crippen LogP contribution is -2.07. The molecule has 0 fully saturated rings. The van der Waals surface area contributed by atoms with Crippen LogP contribution in [-0.4, -0.2) is 38.2 Å². The van der Waals surface area contributed by atoms with Crippen molar-refractivity contribution < 1.29 is 23.7 Å². The average Bonchev–Trinajstić information content (AvgIpc) is 3.28. The minimum atomic E-state index is -0.553. The van der Waals surface area contributed by atoms with Crippen LogP contribution in [0.15, 0.2) is 93.4 Å². The second-order valence-corrected chi connectivity index (χ2v) is 8.80. The number of benzene rings is 3. The largest absolute Gasteiger partial charge is 0.493 e. The molecule has 0 saturated heterocycles. The summed E-state index contributed by atoms with van der Waals surface area (Å²) >= 11 is 1.52. The summed E-state index contributed by atoms with van der Waals surface area (Å²) in [6.45, 7) is 0. The van der Waals surface area contributed by atoms with Crippen LogP contribution in [0.3, 0.4) is 0 Å². The number of fused-ring (bicyclic) bond motifs is 1. The highest BCUT2D eigenvalue weighted by atomic mass is 32.2. The zero-order chi connectivity index (χ0) is 25.1. The van der Waals surface area contributed by atoms with E-state index in [1.54, 1.807) is 18.2 Å². The summed E-state index contributed by atoms with van der Waals surface area (Å²) in [4.78, 5) is 23.2. The summed E-state index contributed by atoms with van der Waals surface area (Å²) in [5.41, 5.74) is 2.33. The van der Waals surface area contributed by atoms with Gasteiger partial charge in [0.25, 0.3) is 0 Å². The first kappa shape index (κ1) is 23.4. The lowest BCUT2D eigenvalue weighted by atomic mass is 10.1. The van der Waals surface area contributed by atoms with Gasteiger partial charge in [-0.25, -0.2) is 14.8 Å². The Labute approximate surface area is 212 Å². The highest BCUT2D eigenvalue weighted by Crippen LogP contribution is 2.39. The molecule has 5 rings (SSSR count). The SMILES string of the molecule is COc1cc(C2=NC(=Cc3cc4ccccc4nc3Sc3ccccc3)C(=O)O2)cc(OC)c1OC. The number of carbonyl (C=O) groups is 1. The number of carbonyl (C=O) groups excluding carboxylic acids is 1. The minimum absolute atomic E-state index is 0.150. The van der Waals surface area contributed by atoms with Crippen molar-refractivity contribution in [3.8, 4) is 17.2 Å². The minimum Gasteiger partial charge on any atom is -0.493 e. The van der Waals surface area contributed by atoms with E-state index in [0.29, 0.717) is 22.8 Å². The van der Waals surface area contributed by atoms with Gasteiger partial charge in [0.15, 0.2) is 17.2 Å². The molecule has 0 spiro atoms. The molecule has 1 aromatic heterocycles. The Bertz CT molecular complexity index is 1490. The van der Waals surface area contributed by atoms with Crippen molar-refractivity contribution in [3.05, 3.63) is 89.6 Å². The summed E-state index contributed by atoms with van der Waals surface area (Å²) < 4.78 is 21.7. The van der Waals surface area contributed by atoms with Gasteiger partial charge >= 0.3 is 5.97 Å². The maximum atomic E-state index is 12.8. The van der Waals surface area contributed by atoms with Gasteiger partial charge in [-0.2, -0.15) is 0 Å². The molecular weight excluding hydrogens is 476 g/mol. The Morgan fingerprint density at radius 1 is 0.861 bits per heavy atom. The first-order valence-corrected chi connectivity index (χ1v) is 11.9. The number of aliphatic imine (C=N–C) groups is 1. The smallest absolute Gasteiger partial charge is 0.363 e. The second-order valence-electron chi connectivity index (χ2n) is 7.74. The summed E-state index contributed by atoms with van der Waals surface area (Å²) in [5.74, 6) is 0.903. The van der Waals surface area contributed by atoms with Crippen LogP contribution in [0.5, 0.6) is 17.2 Å². The molecule has 2 heterocycles. The molecule has 1 aliphatic rings. The van der Waals surface area contributed by atoms with E-state index >= 15 is 0 Å². The van der Waals surface area contributed by atoms with Crippen LogP contribution in [0.2, 0.25) is 0 Å². The van der Waals surface area contributed by atoms with Gasteiger partial charge in [-0.05, 0) is 42.5 Å². The number of nitrogens with zero attached hydrogens (tertiary/aromatic N) is 2. The van der Waals surface area contributed by atoms with Crippen LogP contribution in [0, 0.1) is 0 Å². The average molecular weight is 499 g/mol. The zero-order valence-corrected chi connectivity index (χ0v) is 20.7. The third-order valence-corrected chi connectivity index (χ3v) is 6.53. The van der Waals surface area contributed by atoms with E-state index < -0.39 is 5.97 Å². The Hall–Kier alpha value is -4.30. The van der Waals surface area contributed by atoms with Gasteiger partial charge < -0.3 is 18.9 Å². The molecule has 0 atom stereocenters. The fourth-order valence-electron chi connectivity index (χ4n) is 3.78. The molecule has 7 nitrogen and oxygen atoms in total. The third-order valence-electron chi connectivity index (χ3n) is 5.50. The summed E-state index contributed by atoms with van der Waals surface area (Å²) in [6.07, 6.45) is 1.71. The van der Waals surface area contributed by atoms with Crippen molar-refractivity contribution >= 4 is 40.6 Å². The number of rotatable bonds is 7. The summed E-state index contributed by atoms with van der Waals surface area (Å²) in [6, 6.07) is 23.2. The highest BCUT2D eigenvalue weighted by Gasteiger charge is 2.27. The standard InChI is InChI=1S/C28H22N2O5S/c1-32-23-15-18(16-24(33-2)25(23)34-3)26-29-22(28(31)35-26)14-19-13-17-9-7-8-12-21(17)30-27(19)36-20-10-5-4-6-11-20/h4-16H,1-3H3. The topological polar surface area (TPSA) is 79.2 Å². The molecule has 180 valence electrons. The highest BCUT2D eigenvalue weighted by molar-refractivity contribution is 7.99. The van der Waals surface area contributed by atoms with Crippen LogP contribution in [0.25, 0.3) is 17.0 Å². The van der Waals surface area contributed by atoms with Gasteiger partial charge in [-0.15, -0.1) is 0 Å². The van der Waals surface area contributed by atoms with Crippen molar-refractivity contribution in [2.24, 2.45) is 4.99 Å². The molecule has 0 N–H and O–H groups in total. The Kier molecular flexibility index (Phi) is 6.60. The lowest BCUT2D eigenvalue weighted by Gasteiger charge is -2.13. The zero-order valence-electron chi connectivity index (χ0n) is 19.8. The van der Waals surface area contributed by atoms with E-state index in [9.17, 15) is 4.79 Å². The van der Waals surface area contributed by atoms with E-state index in [-0.39, 0.29) is 11.6 Å². The van der Waals surface area contributed by atoms with Crippen LogP contribution >= 0.6 is 11.8 Å². The number of hydrogen-bond acceptors (Lipinski definition) is 8. The predicted octanol–water partition coefficient (Wildman–Crippen LogP) is 5.76. The molecule has 36 heavy (non-hydrogen) atoms. The second kappa shape index (κ2) is 10.1. The number of aromatic nitrogens is 1. The van der Waals surface area contributed by atoms with Gasteiger partial charge in [0.2, 0.25) is 11.6 Å². The molecule has 0 radical (unpaired) electrons. The molecule has 0 amide bonds. The molecule has 4 aromatic rings. The molecule has 0 unspecified atom stereocenters. The van der Waals surface area contributed by atoms with E-state index in [4.69, 9.17) is 23.9 Å². The van der Waals surface area contributed by atoms with Crippen molar-refractivity contribution in [1.29, 1.82) is 0 Å². The number of methoxy groups -OCH3 is 3. The van der Waals surface area contributed by atoms with Gasteiger partial charge in [0.1, 0.15) is 5.03 Å². The third kappa shape index (κ3) is 4.63. The number of esters is 1. The first-order chi connectivity index (χ1) is 17.6. The monoisotopic (exact) mass is 498 g/mol. The molecule has 0 saturated carbocycles. The van der Waals surface area contributed by atoms with E-state index in [1.807, 2.05) is 60.7 Å². The fourth-order valence-corrected chi connectivity index (χ4v) is 4.68. The van der Waals surface area contributed by atoms with E-state index in [0.717, 1.165) is 26.4 Å². The number of cyclic esters (lactones) is 1. The van der Waals surface area contributed by atoms with E-state index in [2.05, 4.69) is 4.99 Å². The van der Waals surface area contributed by atoms with Crippen LogP contribution in [0.1, 0.15) is 11.1 Å². The number of para-hydroxylation sites is 1. The van der Waals surface area contributed by atoms with Crippen LogP contribution < -0.4 is 14.2 Å². The number of hydrogen-bond donors (Lipinski definition) is 0. The summed E-state index contributed by atoms with van der Waals surface area (Å²) in [7, 11) is 4.57. The van der Waals surface area contributed by atoms with E-state index in [1.165, 1.54) is 33.1 Å². The lowest BCUT2D eigenvalue weighted by molar-refractivity contribution is -0.129. The Morgan fingerprint density at radius 2 is 1.56 bits per heavy atom. The Morgan fingerprint density at radius 3 is 2.25 bits per heavy atom. The summed E-state index contributed by atoms with van der Waals surface area (Å²) in [5, 5.41) is 1.72. The first-order valence-electron chi connectivity index (χ1n) is 11.0. The van der Waals surface area contributed by atoms with Gasteiger partial charge in [-0.3, -0.25) is 0 Å². The normalized spacial score (nSPS) is 14.0. The maximum Gasteiger partial charge on any atom is 0.363 e. The van der Waals surface area contributed by atoms with Gasteiger partial charge in [0, 0.05) is 21.4 Å². The number of ether oxygens (including phenoxy) is 4. The molecule has 0 aliphatic carbocycles. The van der Waals surface area contributed by atoms with Crippen molar-refractivity contribution in [3.63, 3.8) is 0 Å². The molecule has 8 heteroatoms. The van der Waals surface area contributed by atoms with Crippen LogP contribution in [-0.2, 0) is 9.53 Å². The molecular formula is C28H22N2O5S. The van der Waals surface area contributed by atoms with Gasteiger partial charge in [-0.1, -0.05) is 48.2 Å². The fraction of sp³-hybridized carbons (Fsp3) is 0.107. The molecule has 1 aliphatic heterocycles. The van der Waals surface area contributed by atoms with Crippen molar-refractivity contribution in [1.82, 2.24) is 4.98 Å². The maximum absolute atomic E-state index is 12.8. The quantitative estimate of drug-likeness (QED) is 0.237. The van der Waals surface area contributed by atoms with Crippen molar-refractivity contribution in [2.75, 3.05) is 21.3 Å². The van der Waals surface area contributed by atoms with Gasteiger partial charge in [0.05, 0.1) is 26.8 Å². The predicted molar refractivity (Wildman–Crippen MR) is 139 cm³/mol. The molecule has 0 bridgehead atoms. The number of pyridine rings is 1.